The Hall–Kier alpha value is -1.27. The van der Waals surface area contributed by atoms with E-state index in [1.807, 2.05) is 26.0 Å². The third kappa shape index (κ3) is 5.21. The van der Waals surface area contributed by atoms with Crippen molar-refractivity contribution in [2.24, 2.45) is 11.7 Å². The van der Waals surface area contributed by atoms with Crippen LogP contribution in [0.25, 0.3) is 0 Å². The van der Waals surface area contributed by atoms with E-state index >= 15 is 0 Å². The molecule has 0 spiro atoms. The molecule has 5 nitrogen and oxygen atoms in total. The van der Waals surface area contributed by atoms with Gasteiger partial charge in [-0.25, -0.2) is 8.42 Å². The number of nitrogens with two attached hydrogens (primary N) is 1. The van der Waals surface area contributed by atoms with Crippen LogP contribution >= 0.6 is 0 Å². The number of sulfonamides is 1. The van der Waals surface area contributed by atoms with Crippen molar-refractivity contribution in [2.45, 2.75) is 26.7 Å². The van der Waals surface area contributed by atoms with Crippen molar-refractivity contribution in [1.82, 2.24) is 0 Å². The van der Waals surface area contributed by atoms with Crippen LogP contribution in [0, 0.1) is 5.92 Å². The summed E-state index contributed by atoms with van der Waals surface area (Å²) in [6, 6.07) is 7.17. The summed E-state index contributed by atoms with van der Waals surface area (Å²) in [6.45, 7) is 4.86. The second-order valence-corrected chi connectivity index (χ2v) is 7.40. The Morgan fingerprint density at radius 1 is 1.29 bits per heavy atom. The summed E-state index contributed by atoms with van der Waals surface area (Å²) in [4.78, 5) is 0. The lowest BCUT2D eigenvalue weighted by atomic mass is 10.2. The molecule has 0 unspecified atom stereocenters. The lowest BCUT2D eigenvalue weighted by molar-refractivity contribution is 0.415. The van der Waals surface area contributed by atoms with E-state index in [2.05, 4.69) is 0 Å². The maximum Gasteiger partial charge on any atom is 0.235 e. The zero-order valence-corrected chi connectivity index (χ0v) is 13.9. The lowest BCUT2D eigenvalue weighted by Crippen LogP contribution is -2.35. The molecular weight excluding hydrogens is 288 g/mol. The number of hydrogen-bond donors (Lipinski definition) is 1. The van der Waals surface area contributed by atoms with Crippen molar-refractivity contribution in [2.75, 3.05) is 30.3 Å². The van der Waals surface area contributed by atoms with E-state index in [1.165, 1.54) is 4.31 Å². The molecule has 0 atom stereocenters. The molecule has 0 aliphatic heterocycles. The van der Waals surface area contributed by atoms with Crippen molar-refractivity contribution < 1.29 is 13.2 Å². The number of anilines is 1. The van der Waals surface area contributed by atoms with Crippen LogP contribution in [0.2, 0.25) is 0 Å². The van der Waals surface area contributed by atoms with Gasteiger partial charge in [-0.3, -0.25) is 4.31 Å². The van der Waals surface area contributed by atoms with Gasteiger partial charge in [-0.2, -0.15) is 0 Å². The van der Waals surface area contributed by atoms with Crippen molar-refractivity contribution in [3.8, 4) is 5.75 Å². The van der Waals surface area contributed by atoms with Gasteiger partial charge in [-0.1, -0.05) is 26.0 Å². The molecule has 0 fully saturated rings. The maximum atomic E-state index is 12.6. The molecule has 0 heterocycles. The van der Waals surface area contributed by atoms with E-state index in [9.17, 15) is 8.42 Å². The molecule has 0 radical (unpaired) electrons. The largest absolute Gasteiger partial charge is 0.495 e. The predicted molar refractivity (Wildman–Crippen MR) is 87.3 cm³/mol. The minimum absolute atomic E-state index is 0.132. The summed E-state index contributed by atoms with van der Waals surface area (Å²) in [5, 5.41) is 0. The first-order valence-corrected chi connectivity index (χ1v) is 8.86. The molecular formula is C15H26N2O3S. The normalized spacial score (nSPS) is 11.7. The zero-order valence-electron chi connectivity index (χ0n) is 13.1. The monoisotopic (exact) mass is 314 g/mol. The summed E-state index contributed by atoms with van der Waals surface area (Å²) < 4.78 is 32.0. The highest BCUT2D eigenvalue weighted by molar-refractivity contribution is 7.92. The van der Waals surface area contributed by atoms with E-state index < -0.39 is 10.0 Å². The summed E-state index contributed by atoms with van der Waals surface area (Å²) in [7, 11) is -1.84. The smallest absolute Gasteiger partial charge is 0.235 e. The van der Waals surface area contributed by atoms with Gasteiger partial charge in [0.25, 0.3) is 0 Å². The number of nitrogens with zero attached hydrogens (tertiary/aromatic N) is 1. The van der Waals surface area contributed by atoms with Gasteiger partial charge in [0.05, 0.1) is 18.6 Å². The zero-order chi connectivity index (χ0) is 15.9. The van der Waals surface area contributed by atoms with Crippen LogP contribution < -0.4 is 14.8 Å². The molecule has 0 amide bonds. The maximum absolute atomic E-state index is 12.6. The van der Waals surface area contributed by atoms with Gasteiger partial charge in [0.15, 0.2) is 0 Å². The summed E-state index contributed by atoms with van der Waals surface area (Å²) in [5.74, 6) is 1.03. The fraction of sp³-hybridized carbons (Fsp3) is 0.600. The summed E-state index contributed by atoms with van der Waals surface area (Å²) in [6.07, 6.45) is 1.25. The van der Waals surface area contributed by atoms with Crippen LogP contribution in [-0.4, -0.2) is 34.4 Å². The molecule has 0 saturated carbocycles. The van der Waals surface area contributed by atoms with Gasteiger partial charge in [-0.15, -0.1) is 0 Å². The van der Waals surface area contributed by atoms with Crippen molar-refractivity contribution in [3.63, 3.8) is 0 Å². The lowest BCUT2D eigenvalue weighted by Gasteiger charge is -2.26. The van der Waals surface area contributed by atoms with Crippen LogP contribution in [0.4, 0.5) is 5.69 Å². The first-order chi connectivity index (χ1) is 9.92. The van der Waals surface area contributed by atoms with Gasteiger partial charge >= 0.3 is 0 Å². The number of benzene rings is 1. The van der Waals surface area contributed by atoms with Crippen LogP contribution in [0.5, 0.6) is 5.75 Å². The van der Waals surface area contributed by atoms with Crippen LogP contribution in [0.3, 0.4) is 0 Å². The number of rotatable bonds is 9. The Morgan fingerprint density at radius 2 is 1.95 bits per heavy atom. The van der Waals surface area contributed by atoms with Gasteiger partial charge < -0.3 is 10.5 Å². The van der Waals surface area contributed by atoms with Crippen molar-refractivity contribution >= 4 is 15.7 Å². The van der Waals surface area contributed by atoms with Crippen LogP contribution in [-0.2, 0) is 10.0 Å². The average molecular weight is 314 g/mol. The number of ether oxygens (including phenoxy) is 1. The summed E-state index contributed by atoms with van der Waals surface area (Å²) in [5.41, 5.74) is 6.12. The minimum Gasteiger partial charge on any atom is -0.495 e. The molecule has 0 aliphatic carbocycles. The van der Waals surface area contributed by atoms with Gasteiger partial charge in [-0.05, 0) is 37.4 Å². The topological polar surface area (TPSA) is 72.6 Å². The van der Waals surface area contributed by atoms with Gasteiger partial charge in [0.1, 0.15) is 5.75 Å². The third-order valence-corrected chi connectivity index (χ3v) is 5.01. The van der Waals surface area contributed by atoms with Gasteiger partial charge in [0, 0.05) is 6.54 Å². The molecule has 21 heavy (non-hydrogen) atoms. The Balaban J connectivity index is 3.10. The van der Waals surface area contributed by atoms with E-state index in [4.69, 9.17) is 10.5 Å². The quantitative estimate of drug-likeness (QED) is 0.758. The molecule has 120 valence electrons. The van der Waals surface area contributed by atoms with E-state index in [-0.39, 0.29) is 5.75 Å². The molecule has 0 bridgehead atoms. The molecule has 1 aromatic rings. The SMILES string of the molecule is COc1ccccc1N(CCCN)S(=O)(=O)CCC(C)C. The fourth-order valence-corrected chi connectivity index (χ4v) is 3.82. The molecule has 0 aliphatic rings. The van der Waals surface area contributed by atoms with E-state index in [0.29, 0.717) is 43.3 Å². The molecule has 1 aromatic carbocycles. The third-order valence-electron chi connectivity index (χ3n) is 3.21. The van der Waals surface area contributed by atoms with Crippen molar-refractivity contribution in [1.29, 1.82) is 0 Å². The average Bonchev–Trinajstić information content (AvgIpc) is 2.46. The fourth-order valence-electron chi connectivity index (χ4n) is 1.97. The Kier molecular flexibility index (Phi) is 6.98. The highest BCUT2D eigenvalue weighted by atomic mass is 32.2. The second kappa shape index (κ2) is 8.24. The van der Waals surface area contributed by atoms with Crippen LogP contribution in [0.15, 0.2) is 24.3 Å². The first kappa shape index (κ1) is 17.8. The number of para-hydroxylation sites is 2. The predicted octanol–water partition coefficient (Wildman–Crippen LogP) is 2.23. The molecule has 2 N–H and O–H groups in total. The highest BCUT2D eigenvalue weighted by Gasteiger charge is 2.24. The molecule has 0 aromatic heterocycles. The standard InChI is InChI=1S/C15H26N2O3S/c1-13(2)9-12-21(18,19)17(11-6-10-16)14-7-4-5-8-15(14)20-3/h4-5,7-8,13H,6,9-12,16H2,1-3H3. The van der Waals surface area contributed by atoms with Crippen LogP contribution in [0.1, 0.15) is 26.7 Å². The van der Waals surface area contributed by atoms with Gasteiger partial charge in [0.2, 0.25) is 10.0 Å². The molecule has 6 heteroatoms. The van der Waals surface area contributed by atoms with E-state index in [1.54, 1.807) is 19.2 Å². The number of methoxy groups -OCH3 is 1. The second-order valence-electron chi connectivity index (χ2n) is 5.38. The van der Waals surface area contributed by atoms with E-state index in [0.717, 1.165) is 0 Å². The number of hydrogen-bond acceptors (Lipinski definition) is 4. The Bertz CT molecular complexity index is 529. The molecule has 1 rings (SSSR count). The highest BCUT2D eigenvalue weighted by Crippen LogP contribution is 2.30. The van der Waals surface area contributed by atoms with Crippen molar-refractivity contribution in [3.05, 3.63) is 24.3 Å². The summed E-state index contributed by atoms with van der Waals surface area (Å²) >= 11 is 0. The molecule has 0 saturated heterocycles. The first-order valence-electron chi connectivity index (χ1n) is 7.26. The Morgan fingerprint density at radius 3 is 2.52 bits per heavy atom. The Labute approximate surface area is 128 Å². The minimum atomic E-state index is -3.38.